The number of rotatable bonds is 5. The van der Waals surface area contributed by atoms with Gasteiger partial charge in [0.2, 0.25) is 0 Å². The maximum Gasteiger partial charge on any atom is 0.400 e. The molecule has 0 saturated heterocycles. The molecule has 0 amide bonds. The van der Waals surface area contributed by atoms with Gasteiger partial charge in [0.25, 0.3) is 0 Å². The van der Waals surface area contributed by atoms with E-state index in [-0.39, 0.29) is 18.5 Å². The van der Waals surface area contributed by atoms with E-state index in [1.54, 1.807) is 6.92 Å². The third-order valence-corrected chi connectivity index (χ3v) is 3.01. The first-order valence-electron chi connectivity index (χ1n) is 5.61. The summed E-state index contributed by atoms with van der Waals surface area (Å²) in [5, 5.41) is -0.264. The van der Waals surface area contributed by atoms with Gasteiger partial charge >= 0.3 is 11.3 Å². The Hall–Kier alpha value is -0.790. The minimum atomic E-state index is -3.68. The molecule has 1 saturated carbocycles. The van der Waals surface area contributed by atoms with Crippen molar-refractivity contribution in [1.82, 2.24) is 10.1 Å². The molecule has 1 fully saturated rings. The van der Waals surface area contributed by atoms with Gasteiger partial charge in [0.1, 0.15) is 5.54 Å². The average Bonchev–Trinajstić information content (AvgIpc) is 2.62. The van der Waals surface area contributed by atoms with Crippen LogP contribution in [0.5, 0.6) is 0 Å². The molecule has 0 radical (unpaired) electrons. The molecule has 0 aromatic carbocycles. The fourth-order valence-corrected chi connectivity index (χ4v) is 1.54. The molecule has 1 aliphatic rings. The molecule has 1 aromatic heterocycles. The minimum Gasteiger partial charge on any atom is -0.376 e. The summed E-state index contributed by atoms with van der Waals surface area (Å²) < 4.78 is 35.4. The predicted molar refractivity (Wildman–Crippen MR) is 59.2 cm³/mol. The molecule has 5 nitrogen and oxygen atoms in total. The molecule has 1 aromatic rings. The van der Waals surface area contributed by atoms with Gasteiger partial charge < -0.3 is 15.0 Å². The molecule has 1 heterocycles. The number of alkyl halides is 3. The van der Waals surface area contributed by atoms with E-state index in [4.69, 9.17) is 22.1 Å². The van der Waals surface area contributed by atoms with E-state index in [0.717, 1.165) is 19.3 Å². The molecule has 0 aliphatic heterocycles. The van der Waals surface area contributed by atoms with Gasteiger partial charge in [-0.15, -0.1) is 0 Å². The second-order valence-electron chi connectivity index (χ2n) is 4.70. The average molecular weight is 282 g/mol. The Morgan fingerprint density at radius 2 is 2.22 bits per heavy atom. The van der Waals surface area contributed by atoms with E-state index in [9.17, 15) is 8.78 Å². The van der Waals surface area contributed by atoms with E-state index >= 15 is 0 Å². The van der Waals surface area contributed by atoms with Crippen LogP contribution in [0.2, 0.25) is 0 Å². The standard InChI is InChI=1S/C10H14ClF2N3O2/c1-9(14,5-17-6-3-2-4-6)7-15-8(18-16-7)10(11,12)13/h6H,2-5,14H2,1H3. The predicted octanol–water partition coefficient (Wildman–Crippen LogP) is 2.10. The normalized spacial score (nSPS) is 20.5. The highest BCUT2D eigenvalue weighted by atomic mass is 35.5. The summed E-state index contributed by atoms with van der Waals surface area (Å²) in [6.07, 6.45) is 3.31. The van der Waals surface area contributed by atoms with Crippen LogP contribution >= 0.6 is 11.6 Å². The third kappa shape index (κ3) is 2.96. The summed E-state index contributed by atoms with van der Waals surface area (Å²) in [7, 11) is 0. The fraction of sp³-hybridized carbons (Fsp3) is 0.800. The highest BCUT2D eigenvalue weighted by Crippen LogP contribution is 2.32. The topological polar surface area (TPSA) is 74.2 Å². The molecule has 8 heteroatoms. The number of ether oxygens (including phenoxy) is 1. The van der Waals surface area contributed by atoms with E-state index in [1.165, 1.54) is 0 Å². The van der Waals surface area contributed by atoms with Crippen molar-refractivity contribution in [2.45, 2.75) is 43.2 Å². The summed E-state index contributed by atoms with van der Waals surface area (Å²) in [6, 6.07) is 0. The number of hydrogen-bond donors (Lipinski definition) is 1. The summed E-state index contributed by atoms with van der Waals surface area (Å²) in [5.41, 5.74) is 4.84. The fourth-order valence-electron chi connectivity index (χ4n) is 1.46. The van der Waals surface area contributed by atoms with Gasteiger partial charge in [-0.1, -0.05) is 5.16 Å². The Labute approximate surface area is 108 Å². The van der Waals surface area contributed by atoms with Gasteiger partial charge in [0.05, 0.1) is 12.7 Å². The molecule has 1 aliphatic carbocycles. The quantitative estimate of drug-likeness (QED) is 0.837. The van der Waals surface area contributed by atoms with Crippen molar-refractivity contribution in [3.63, 3.8) is 0 Å². The minimum absolute atomic E-state index is 0.0443. The summed E-state index contributed by atoms with van der Waals surface area (Å²) in [5.74, 6) is -1.00. The zero-order chi connectivity index (χ0) is 13.4. The summed E-state index contributed by atoms with van der Waals surface area (Å²) in [6.45, 7) is 1.73. The SMILES string of the molecule is CC(N)(COC1CCC1)c1noc(C(F)(F)Cl)n1. The number of hydrogen-bond acceptors (Lipinski definition) is 5. The van der Waals surface area contributed by atoms with Crippen LogP contribution in [0, 0.1) is 0 Å². The molecule has 18 heavy (non-hydrogen) atoms. The summed E-state index contributed by atoms with van der Waals surface area (Å²) in [4.78, 5) is 3.51. The smallest absolute Gasteiger partial charge is 0.376 e. The molecule has 0 bridgehead atoms. The number of nitrogens with zero attached hydrogens (tertiary/aromatic N) is 2. The first-order chi connectivity index (χ1) is 8.29. The number of aromatic nitrogens is 2. The Morgan fingerprint density at radius 3 is 2.67 bits per heavy atom. The van der Waals surface area contributed by atoms with E-state index in [1.807, 2.05) is 0 Å². The van der Waals surface area contributed by atoms with Gasteiger partial charge in [-0.2, -0.15) is 13.8 Å². The van der Waals surface area contributed by atoms with Gasteiger partial charge in [0, 0.05) is 0 Å². The first kappa shape index (κ1) is 13.6. The zero-order valence-corrected chi connectivity index (χ0v) is 10.6. The van der Waals surface area contributed by atoms with Crippen molar-refractivity contribution in [2.24, 2.45) is 5.73 Å². The molecule has 2 rings (SSSR count). The van der Waals surface area contributed by atoms with Crippen LogP contribution in [0.3, 0.4) is 0 Å². The lowest BCUT2D eigenvalue weighted by atomic mass is 9.95. The van der Waals surface area contributed by atoms with Crippen LogP contribution in [0.4, 0.5) is 8.78 Å². The van der Waals surface area contributed by atoms with Gasteiger partial charge in [0.15, 0.2) is 5.82 Å². The van der Waals surface area contributed by atoms with Gasteiger partial charge in [-0.3, -0.25) is 0 Å². The third-order valence-electron chi connectivity index (χ3n) is 2.85. The molecule has 2 N–H and O–H groups in total. The second kappa shape index (κ2) is 4.71. The van der Waals surface area contributed by atoms with Crippen molar-refractivity contribution in [2.75, 3.05) is 6.61 Å². The second-order valence-corrected chi connectivity index (χ2v) is 5.18. The van der Waals surface area contributed by atoms with E-state index < -0.39 is 16.8 Å². The van der Waals surface area contributed by atoms with Crippen molar-refractivity contribution in [3.05, 3.63) is 11.7 Å². The van der Waals surface area contributed by atoms with Gasteiger partial charge in [-0.25, -0.2) is 0 Å². The van der Waals surface area contributed by atoms with Crippen LogP contribution in [0.15, 0.2) is 4.52 Å². The first-order valence-corrected chi connectivity index (χ1v) is 5.99. The van der Waals surface area contributed by atoms with E-state index in [2.05, 4.69) is 14.7 Å². The number of halogens is 3. The van der Waals surface area contributed by atoms with Gasteiger partial charge in [-0.05, 0) is 37.8 Å². The van der Waals surface area contributed by atoms with Crippen LogP contribution in [-0.4, -0.2) is 22.9 Å². The Bertz CT molecular complexity index is 416. The Kier molecular flexibility index (Phi) is 3.57. The van der Waals surface area contributed by atoms with Crippen LogP contribution in [0.25, 0.3) is 0 Å². The molecule has 1 atom stereocenters. The largest absolute Gasteiger partial charge is 0.400 e. The zero-order valence-electron chi connectivity index (χ0n) is 9.83. The maximum atomic E-state index is 12.7. The van der Waals surface area contributed by atoms with Crippen LogP contribution in [-0.2, 0) is 15.7 Å². The lowest BCUT2D eigenvalue weighted by Gasteiger charge is -2.29. The lowest BCUT2D eigenvalue weighted by molar-refractivity contribution is -0.0222. The Balaban J connectivity index is 2.01. The van der Waals surface area contributed by atoms with Crippen molar-refractivity contribution in [3.8, 4) is 0 Å². The lowest BCUT2D eigenvalue weighted by Crippen LogP contribution is -2.41. The van der Waals surface area contributed by atoms with Crippen LogP contribution < -0.4 is 5.73 Å². The summed E-state index contributed by atoms with van der Waals surface area (Å²) >= 11 is 4.78. The van der Waals surface area contributed by atoms with Crippen molar-refractivity contribution in [1.29, 1.82) is 0 Å². The Morgan fingerprint density at radius 1 is 1.56 bits per heavy atom. The monoisotopic (exact) mass is 281 g/mol. The molecule has 102 valence electrons. The van der Waals surface area contributed by atoms with Crippen molar-refractivity contribution >= 4 is 11.6 Å². The number of nitrogens with two attached hydrogens (primary N) is 1. The highest BCUT2D eigenvalue weighted by molar-refractivity contribution is 6.21. The van der Waals surface area contributed by atoms with E-state index in [0.29, 0.717) is 0 Å². The molecule has 0 spiro atoms. The highest BCUT2D eigenvalue weighted by Gasteiger charge is 2.38. The molecule has 1 unspecified atom stereocenters. The molecular formula is C10H14ClF2N3O2. The van der Waals surface area contributed by atoms with Crippen LogP contribution in [0.1, 0.15) is 37.9 Å². The maximum absolute atomic E-state index is 12.7. The molecular weight excluding hydrogens is 268 g/mol. The van der Waals surface area contributed by atoms with Crippen molar-refractivity contribution < 1.29 is 18.0 Å².